The summed E-state index contributed by atoms with van der Waals surface area (Å²) in [6, 6.07) is 0.118. The highest BCUT2D eigenvalue weighted by molar-refractivity contribution is 5.80. The van der Waals surface area contributed by atoms with Gasteiger partial charge in [0.05, 0.1) is 5.56 Å². The molecule has 8 heteroatoms. The number of hydrogen-bond acceptors (Lipinski definition) is 1. The molecule has 0 aliphatic rings. The van der Waals surface area contributed by atoms with E-state index < -0.39 is 41.1 Å². The van der Waals surface area contributed by atoms with Crippen LogP contribution in [0.4, 0.5) is 30.7 Å². The maximum Gasteiger partial charge on any atom is 0.419 e. The predicted octanol–water partition coefficient (Wildman–Crippen LogP) is 3.68. The molecule has 1 rings (SSSR count). The Morgan fingerprint density at radius 2 is 1.47 bits per heavy atom. The summed E-state index contributed by atoms with van der Waals surface area (Å²) in [5.74, 6) is -1.92. The molecule has 0 spiro atoms. The Kier molecular flexibility index (Phi) is 3.17. The fourth-order valence-electron chi connectivity index (χ4n) is 1.25. The lowest BCUT2D eigenvalue weighted by Gasteiger charge is -2.15. The third-order valence-electron chi connectivity index (χ3n) is 1.90. The normalized spacial score (nSPS) is 12.6. The number of alkyl halides is 6. The zero-order chi connectivity index (χ0) is 13.4. The Balaban J connectivity index is 3.66. The number of rotatable bonds is 1. The van der Waals surface area contributed by atoms with Gasteiger partial charge < -0.3 is 0 Å². The number of carbonyl (C=O) groups excluding carboxylic acids is 1. The van der Waals surface area contributed by atoms with Crippen molar-refractivity contribution in [3.8, 4) is 0 Å². The van der Waals surface area contributed by atoms with Crippen LogP contribution in [0.3, 0.4) is 0 Å². The van der Waals surface area contributed by atoms with Gasteiger partial charge in [-0.15, -0.1) is 0 Å². The fraction of sp³-hybridized carbons (Fsp3) is 0.222. The van der Waals surface area contributed by atoms with Crippen LogP contribution in [0.25, 0.3) is 0 Å². The molecule has 94 valence electrons. The van der Waals surface area contributed by atoms with E-state index in [9.17, 15) is 35.5 Å². The highest BCUT2D eigenvalue weighted by Gasteiger charge is 2.42. The molecular formula is C9H3F7O. The maximum absolute atomic E-state index is 12.9. The second kappa shape index (κ2) is 4.01. The van der Waals surface area contributed by atoms with Gasteiger partial charge in [0.25, 0.3) is 0 Å². The minimum absolute atomic E-state index is 0.0264. The standard InChI is InChI=1S/C9H3F7O/c10-6-2-1-5(8(11,12)13)4(3-17)7(6)9(14,15)16/h1-3H. The molecular weight excluding hydrogens is 257 g/mol. The van der Waals surface area contributed by atoms with Gasteiger partial charge in [0.1, 0.15) is 11.4 Å². The van der Waals surface area contributed by atoms with Crippen molar-refractivity contribution in [2.75, 3.05) is 0 Å². The number of hydrogen-bond donors (Lipinski definition) is 0. The second-order valence-corrected chi connectivity index (χ2v) is 3.00. The molecule has 0 unspecified atom stereocenters. The van der Waals surface area contributed by atoms with E-state index in [4.69, 9.17) is 0 Å². The Morgan fingerprint density at radius 3 is 1.82 bits per heavy atom. The van der Waals surface area contributed by atoms with Gasteiger partial charge in [-0.3, -0.25) is 4.79 Å². The smallest absolute Gasteiger partial charge is 0.298 e. The summed E-state index contributed by atoms with van der Waals surface area (Å²) in [5.41, 5.74) is -5.77. The first-order chi connectivity index (χ1) is 7.59. The lowest BCUT2D eigenvalue weighted by atomic mass is 10.0. The van der Waals surface area contributed by atoms with Gasteiger partial charge in [0, 0.05) is 5.56 Å². The molecule has 0 saturated heterocycles. The van der Waals surface area contributed by atoms with E-state index >= 15 is 0 Å². The third-order valence-corrected chi connectivity index (χ3v) is 1.90. The summed E-state index contributed by atoms with van der Waals surface area (Å²) >= 11 is 0. The van der Waals surface area contributed by atoms with Crippen molar-refractivity contribution in [2.45, 2.75) is 12.4 Å². The van der Waals surface area contributed by atoms with Crippen LogP contribution in [0, 0.1) is 5.82 Å². The Morgan fingerprint density at radius 1 is 0.941 bits per heavy atom. The van der Waals surface area contributed by atoms with E-state index in [2.05, 4.69) is 0 Å². The SMILES string of the molecule is O=Cc1c(C(F)(F)F)ccc(F)c1C(F)(F)F. The highest BCUT2D eigenvalue weighted by Crippen LogP contribution is 2.39. The molecule has 1 nitrogen and oxygen atoms in total. The summed E-state index contributed by atoms with van der Waals surface area (Å²) in [7, 11) is 0. The molecule has 17 heavy (non-hydrogen) atoms. The zero-order valence-electron chi connectivity index (χ0n) is 7.79. The molecule has 0 aromatic heterocycles. The van der Waals surface area contributed by atoms with Gasteiger partial charge in [-0.2, -0.15) is 26.3 Å². The lowest BCUT2D eigenvalue weighted by molar-refractivity contribution is -0.145. The predicted molar refractivity (Wildman–Crippen MR) is 41.8 cm³/mol. The van der Waals surface area contributed by atoms with Crippen LogP contribution in [-0.2, 0) is 12.4 Å². The largest absolute Gasteiger partial charge is 0.419 e. The zero-order valence-corrected chi connectivity index (χ0v) is 7.79. The topological polar surface area (TPSA) is 17.1 Å². The lowest BCUT2D eigenvalue weighted by Crippen LogP contribution is -2.18. The Bertz CT molecular complexity index is 444. The molecule has 0 aliphatic carbocycles. The van der Waals surface area contributed by atoms with E-state index in [0.29, 0.717) is 0 Å². The van der Waals surface area contributed by atoms with Crippen molar-refractivity contribution in [1.82, 2.24) is 0 Å². The van der Waals surface area contributed by atoms with Gasteiger partial charge >= 0.3 is 12.4 Å². The van der Waals surface area contributed by atoms with Crippen molar-refractivity contribution in [2.24, 2.45) is 0 Å². The average molecular weight is 260 g/mol. The number of carbonyl (C=O) groups is 1. The minimum Gasteiger partial charge on any atom is -0.298 e. The Labute approximate surface area is 89.8 Å². The molecule has 0 saturated carbocycles. The summed E-state index contributed by atoms with van der Waals surface area (Å²) in [4.78, 5) is 10.3. The average Bonchev–Trinajstić information content (AvgIpc) is 2.12. The summed E-state index contributed by atoms with van der Waals surface area (Å²) < 4.78 is 86.6. The highest BCUT2D eigenvalue weighted by atomic mass is 19.4. The summed E-state index contributed by atoms with van der Waals surface area (Å²) in [6.07, 6.45) is -11.2. The monoisotopic (exact) mass is 260 g/mol. The van der Waals surface area contributed by atoms with Crippen LogP contribution in [0.5, 0.6) is 0 Å². The van der Waals surface area contributed by atoms with Crippen LogP contribution in [0.15, 0.2) is 12.1 Å². The van der Waals surface area contributed by atoms with Crippen molar-refractivity contribution in [3.05, 3.63) is 34.6 Å². The molecule has 1 aromatic carbocycles. The van der Waals surface area contributed by atoms with Crippen LogP contribution in [0.2, 0.25) is 0 Å². The van der Waals surface area contributed by atoms with E-state index in [-0.39, 0.29) is 12.1 Å². The molecule has 0 N–H and O–H groups in total. The van der Waals surface area contributed by atoms with Gasteiger partial charge in [-0.25, -0.2) is 4.39 Å². The molecule has 0 radical (unpaired) electrons. The van der Waals surface area contributed by atoms with E-state index in [1.54, 1.807) is 0 Å². The third kappa shape index (κ3) is 2.56. The maximum atomic E-state index is 12.9. The van der Waals surface area contributed by atoms with Crippen molar-refractivity contribution in [3.63, 3.8) is 0 Å². The number of benzene rings is 1. The molecule has 0 aliphatic heterocycles. The van der Waals surface area contributed by atoms with Crippen LogP contribution in [0.1, 0.15) is 21.5 Å². The van der Waals surface area contributed by atoms with Crippen LogP contribution >= 0.6 is 0 Å². The first-order valence-corrected chi connectivity index (χ1v) is 4.01. The molecule has 0 heterocycles. The van der Waals surface area contributed by atoms with E-state index in [0.717, 1.165) is 0 Å². The van der Waals surface area contributed by atoms with Gasteiger partial charge in [0.15, 0.2) is 6.29 Å². The number of aldehydes is 1. The molecule has 0 amide bonds. The first-order valence-electron chi connectivity index (χ1n) is 4.01. The van der Waals surface area contributed by atoms with E-state index in [1.165, 1.54) is 0 Å². The van der Waals surface area contributed by atoms with Crippen molar-refractivity contribution < 1.29 is 35.5 Å². The molecule has 0 fully saturated rings. The van der Waals surface area contributed by atoms with Gasteiger partial charge in [0.2, 0.25) is 0 Å². The second-order valence-electron chi connectivity index (χ2n) is 3.00. The fourth-order valence-corrected chi connectivity index (χ4v) is 1.25. The van der Waals surface area contributed by atoms with Crippen LogP contribution < -0.4 is 0 Å². The molecule has 1 aromatic rings. The minimum atomic E-state index is -5.37. The van der Waals surface area contributed by atoms with Gasteiger partial charge in [-0.1, -0.05) is 0 Å². The van der Waals surface area contributed by atoms with Crippen molar-refractivity contribution >= 4 is 6.29 Å². The van der Waals surface area contributed by atoms with Gasteiger partial charge in [-0.05, 0) is 12.1 Å². The molecule has 0 atom stereocenters. The van der Waals surface area contributed by atoms with E-state index in [1.807, 2.05) is 0 Å². The quantitative estimate of drug-likeness (QED) is 0.556. The number of halogens is 7. The Hall–Kier alpha value is -1.60. The molecule has 0 bridgehead atoms. The van der Waals surface area contributed by atoms with Crippen molar-refractivity contribution in [1.29, 1.82) is 0 Å². The summed E-state index contributed by atoms with van der Waals surface area (Å²) in [6.45, 7) is 0. The first kappa shape index (κ1) is 13.5. The summed E-state index contributed by atoms with van der Waals surface area (Å²) in [5, 5.41) is 0. The van der Waals surface area contributed by atoms with Crippen LogP contribution in [-0.4, -0.2) is 6.29 Å².